The Morgan fingerprint density at radius 3 is 2.52 bits per heavy atom. The SMILES string of the molecule is COc1ccc([C@@H]2Oc3ccc(C(=O)O)cc3[C@H]2C)cc1. The summed E-state index contributed by atoms with van der Waals surface area (Å²) in [5.41, 5.74) is 2.28. The summed E-state index contributed by atoms with van der Waals surface area (Å²) in [6.07, 6.45) is -0.102. The second-order valence-electron chi connectivity index (χ2n) is 5.16. The first-order valence-corrected chi connectivity index (χ1v) is 6.78. The van der Waals surface area contributed by atoms with E-state index in [1.54, 1.807) is 25.3 Å². The second kappa shape index (κ2) is 5.13. The quantitative estimate of drug-likeness (QED) is 0.935. The van der Waals surface area contributed by atoms with Crippen LogP contribution in [0.25, 0.3) is 0 Å². The van der Waals surface area contributed by atoms with Crippen molar-refractivity contribution in [3.8, 4) is 11.5 Å². The molecule has 0 radical (unpaired) electrons. The zero-order chi connectivity index (χ0) is 15.0. The summed E-state index contributed by atoms with van der Waals surface area (Å²) < 4.78 is 11.1. The molecule has 108 valence electrons. The Bertz CT molecular complexity index is 676. The molecule has 1 aliphatic rings. The number of carboxylic acid groups (broad SMARTS) is 1. The van der Waals surface area contributed by atoms with Gasteiger partial charge in [-0.2, -0.15) is 0 Å². The molecule has 0 spiro atoms. The van der Waals surface area contributed by atoms with E-state index in [1.807, 2.05) is 31.2 Å². The number of carboxylic acids is 1. The van der Waals surface area contributed by atoms with E-state index >= 15 is 0 Å². The van der Waals surface area contributed by atoms with Gasteiger partial charge in [0, 0.05) is 11.5 Å². The molecule has 0 bridgehead atoms. The molecule has 2 aromatic carbocycles. The molecular weight excluding hydrogens is 268 g/mol. The van der Waals surface area contributed by atoms with Gasteiger partial charge in [0.05, 0.1) is 12.7 Å². The van der Waals surface area contributed by atoms with Crippen molar-refractivity contribution in [3.63, 3.8) is 0 Å². The topological polar surface area (TPSA) is 55.8 Å². The lowest BCUT2D eigenvalue weighted by molar-refractivity contribution is 0.0697. The van der Waals surface area contributed by atoms with E-state index < -0.39 is 5.97 Å². The number of hydrogen-bond acceptors (Lipinski definition) is 3. The van der Waals surface area contributed by atoms with Gasteiger partial charge >= 0.3 is 5.97 Å². The Labute approximate surface area is 122 Å². The molecule has 0 amide bonds. The summed E-state index contributed by atoms with van der Waals surface area (Å²) in [4.78, 5) is 11.1. The summed E-state index contributed by atoms with van der Waals surface area (Å²) in [6.45, 7) is 2.05. The van der Waals surface area contributed by atoms with E-state index in [-0.39, 0.29) is 12.0 Å². The summed E-state index contributed by atoms with van der Waals surface area (Å²) in [5.74, 6) is 0.744. The van der Waals surface area contributed by atoms with Gasteiger partial charge in [-0.15, -0.1) is 0 Å². The minimum absolute atomic E-state index is 0.102. The molecule has 0 saturated heterocycles. The molecular formula is C17H16O4. The van der Waals surface area contributed by atoms with Crippen LogP contribution in [0.5, 0.6) is 11.5 Å². The predicted octanol–water partition coefficient (Wildman–Crippen LogP) is 3.63. The lowest BCUT2D eigenvalue weighted by Crippen LogP contribution is -2.07. The molecule has 21 heavy (non-hydrogen) atoms. The van der Waals surface area contributed by atoms with E-state index in [4.69, 9.17) is 14.6 Å². The molecule has 3 rings (SSSR count). The van der Waals surface area contributed by atoms with Crippen molar-refractivity contribution in [1.82, 2.24) is 0 Å². The average molecular weight is 284 g/mol. The first-order chi connectivity index (χ1) is 10.1. The van der Waals surface area contributed by atoms with E-state index in [9.17, 15) is 4.79 Å². The fourth-order valence-corrected chi connectivity index (χ4v) is 2.70. The molecule has 2 atom stereocenters. The number of ether oxygens (including phenoxy) is 2. The Morgan fingerprint density at radius 2 is 1.90 bits per heavy atom. The van der Waals surface area contributed by atoms with Crippen molar-refractivity contribution in [2.24, 2.45) is 0 Å². The number of hydrogen-bond donors (Lipinski definition) is 1. The first-order valence-electron chi connectivity index (χ1n) is 6.78. The predicted molar refractivity (Wildman–Crippen MR) is 78.2 cm³/mol. The standard InChI is InChI=1S/C17H16O4/c1-10-14-9-12(17(18)19)5-8-15(14)21-16(10)11-3-6-13(20-2)7-4-11/h3-10,16H,1-2H3,(H,18,19)/t10-,16-/m1/s1. The molecule has 0 saturated carbocycles. The van der Waals surface area contributed by atoms with Crippen molar-refractivity contribution >= 4 is 5.97 Å². The average Bonchev–Trinajstić information content (AvgIpc) is 2.84. The van der Waals surface area contributed by atoms with E-state index in [0.717, 1.165) is 22.6 Å². The van der Waals surface area contributed by atoms with Crippen LogP contribution in [0.2, 0.25) is 0 Å². The van der Waals surface area contributed by atoms with Gasteiger partial charge < -0.3 is 14.6 Å². The molecule has 0 aliphatic carbocycles. The largest absolute Gasteiger partial charge is 0.497 e. The summed E-state index contributed by atoms with van der Waals surface area (Å²) in [7, 11) is 1.63. The minimum atomic E-state index is -0.919. The Balaban J connectivity index is 1.92. The third-order valence-corrected chi connectivity index (χ3v) is 3.90. The molecule has 4 nitrogen and oxygen atoms in total. The van der Waals surface area contributed by atoms with Crippen LogP contribution in [0, 0.1) is 0 Å². The smallest absolute Gasteiger partial charge is 0.335 e. The number of methoxy groups -OCH3 is 1. The van der Waals surface area contributed by atoms with Gasteiger partial charge in [-0.05, 0) is 35.9 Å². The lowest BCUT2D eigenvalue weighted by Gasteiger charge is -2.16. The molecule has 2 aromatic rings. The monoisotopic (exact) mass is 284 g/mol. The molecule has 4 heteroatoms. The maximum Gasteiger partial charge on any atom is 0.335 e. The van der Waals surface area contributed by atoms with Crippen molar-refractivity contribution < 1.29 is 19.4 Å². The lowest BCUT2D eigenvalue weighted by atomic mass is 9.92. The van der Waals surface area contributed by atoms with Crippen LogP contribution < -0.4 is 9.47 Å². The van der Waals surface area contributed by atoms with E-state index in [1.165, 1.54) is 0 Å². The number of benzene rings is 2. The highest BCUT2D eigenvalue weighted by Gasteiger charge is 2.32. The molecule has 1 N–H and O–H groups in total. The van der Waals surface area contributed by atoms with Gasteiger partial charge in [0.1, 0.15) is 17.6 Å². The van der Waals surface area contributed by atoms with Crippen LogP contribution in [0.15, 0.2) is 42.5 Å². The van der Waals surface area contributed by atoms with Crippen LogP contribution >= 0.6 is 0 Å². The van der Waals surface area contributed by atoms with Crippen molar-refractivity contribution in [1.29, 1.82) is 0 Å². The maximum absolute atomic E-state index is 11.1. The number of rotatable bonds is 3. The third kappa shape index (κ3) is 2.33. The zero-order valence-corrected chi connectivity index (χ0v) is 11.9. The molecule has 0 unspecified atom stereocenters. The highest BCUT2D eigenvalue weighted by Crippen LogP contribution is 2.46. The van der Waals surface area contributed by atoms with Crippen LogP contribution in [-0.4, -0.2) is 18.2 Å². The number of carbonyl (C=O) groups is 1. The summed E-state index contributed by atoms with van der Waals surface area (Å²) in [5, 5.41) is 9.09. The fourth-order valence-electron chi connectivity index (χ4n) is 2.70. The highest BCUT2D eigenvalue weighted by molar-refractivity contribution is 5.88. The van der Waals surface area contributed by atoms with Gasteiger partial charge in [0.2, 0.25) is 0 Å². The van der Waals surface area contributed by atoms with E-state index in [2.05, 4.69) is 0 Å². The van der Waals surface area contributed by atoms with Gasteiger partial charge in [-0.25, -0.2) is 4.79 Å². The van der Waals surface area contributed by atoms with Crippen molar-refractivity contribution in [3.05, 3.63) is 59.2 Å². The Kier molecular flexibility index (Phi) is 3.29. The van der Waals surface area contributed by atoms with Gasteiger partial charge in [-0.3, -0.25) is 0 Å². The molecule has 1 heterocycles. The van der Waals surface area contributed by atoms with Crippen molar-refractivity contribution in [2.45, 2.75) is 18.9 Å². The Hall–Kier alpha value is -2.49. The van der Waals surface area contributed by atoms with Crippen molar-refractivity contribution in [2.75, 3.05) is 7.11 Å². The van der Waals surface area contributed by atoms with Gasteiger partial charge in [-0.1, -0.05) is 19.1 Å². The summed E-state index contributed by atoms with van der Waals surface area (Å²) in [6, 6.07) is 12.8. The molecule has 1 aliphatic heterocycles. The van der Waals surface area contributed by atoms with E-state index in [0.29, 0.717) is 5.56 Å². The first kappa shape index (κ1) is 13.5. The highest BCUT2D eigenvalue weighted by atomic mass is 16.5. The van der Waals surface area contributed by atoms with Crippen LogP contribution in [0.3, 0.4) is 0 Å². The number of aromatic carboxylic acids is 1. The van der Waals surface area contributed by atoms with Gasteiger partial charge in [0.15, 0.2) is 0 Å². The second-order valence-corrected chi connectivity index (χ2v) is 5.16. The summed E-state index contributed by atoms with van der Waals surface area (Å²) >= 11 is 0. The third-order valence-electron chi connectivity index (χ3n) is 3.90. The van der Waals surface area contributed by atoms with Crippen LogP contribution in [0.1, 0.15) is 40.4 Å². The van der Waals surface area contributed by atoms with Crippen LogP contribution in [0.4, 0.5) is 0 Å². The Morgan fingerprint density at radius 1 is 1.19 bits per heavy atom. The molecule has 0 fully saturated rings. The maximum atomic E-state index is 11.1. The fraction of sp³-hybridized carbons (Fsp3) is 0.235. The normalized spacial score (nSPS) is 19.7. The molecule has 0 aromatic heterocycles. The zero-order valence-electron chi connectivity index (χ0n) is 11.9. The number of fused-ring (bicyclic) bond motifs is 1. The minimum Gasteiger partial charge on any atom is -0.497 e. The van der Waals surface area contributed by atoms with Crippen LogP contribution in [-0.2, 0) is 0 Å². The van der Waals surface area contributed by atoms with Gasteiger partial charge in [0.25, 0.3) is 0 Å².